The molecule has 146 valence electrons. The maximum Gasteiger partial charge on any atom is 0.314 e. The number of rotatable bonds is 8. The molecule has 2 N–H and O–H groups in total. The predicted octanol–water partition coefficient (Wildman–Crippen LogP) is 2.81. The van der Waals surface area contributed by atoms with E-state index in [1.54, 1.807) is 6.92 Å². The minimum absolute atomic E-state index is 0.191. The van der Waals surface area contributed by atoms with E-state index in [1.165, 1.54) is 0 Å². The molecule has 2 aromatic carbocycles. The molecule has 3 rings (SSSR count). The smallest absolute Gasteiger partial charge is 0.314 e. The third-order valence-corrected chi connectivity index (χ3v) is 5.41. The summed E-state index contributed by atoms with van der Waals surface area (Å²) < 4.78 is 0. The highest BCUT2D eigenvalue weighted by molar-refractivity contribution is 6.02. The van der Waals surface area contributed by atoms with Gasteiger partial charge < -0.3 is 10.4 Å². The van der Waals surface area contributed by atoms with Gasteiger partial charge in [0.05, 0.1) is 6.04 Å². The molecule has 5 nitrogen and oxygen atoms in total. The lowest BCUT2D eigenvalue weighted by molar-refractivity contribution is -0.147. The van der Waals surface area contributed by atoms with Crippen LogP contribution in [0.1, 0.15) is 30.0 Å². The lowest BCUT2D eigenvalue weighted by atomic mass is 9.92. The summed E-state index contributed by atoms with van der Waals surface area (Å²) in [4.78, 5) is 36.9. The summed E-state index contributed by atoms with van der Waals surface area (Å²) in [5.41, 5.74) is 3.31. The summed E-state index contributed by atoms with van der Waals surface area (Å²) in [5, 5.41) is 12.2. The first-order valence-corrected chi connectivity index (χ1v) is 9.63. The van der Waals surface area contributed by atoms with Crippen LogP contribution in [0.5, 0.6) is 0 Å². The van der Waals surface area contributed by atoms with Crippen LogP contribution in [0.2, 0.25) is 0 Å². The number of amides is 1. The second kappa shape index (κ2) is 8.83. The highest BCUT2D eigenvalue weighted by atomic mass is 16.4. The first-order valence-electron chi connectivity index (χ1n) is 9.63. The Balaban J connectivity index is 1.57. The maximum atomic E-state index is 12.7. The molecule has 1 aliphatic rings. The van der Waals surface area contributed by atoms with Gasteiger partial charge in [0, 0.05) is 5.92 Å². The molecule has 0 aromatic heterocycles. The minimum Gasteiger partial charge on any atom is -0.481 e. The van der Waals surface area contributed by atoms with Crippen LogP contribution >= 0.6 is 0 Å². The van der Waals surface area contributed by atoms with Gasteiger partial charge in [0.15, 0.2) is 5.78 Å². The van der Waals surface area contributed by atoms with E-state index in [-0.39, 0.29) is 18.2 Å². The molecule has 2 atom stereocenters. The van der Waals surface area contributed by atoms with Crippen LogP contribution in [0.3, 0.4) is 0 Å². The Bertz CT molecular complexity index is 837. The van der Waals surface area contributed by atoms with Crippen molar-refractivity contribution in [1.82, 2.24) is 5.32 Å². The normalized spacial score (nSPS) is 15.5. The third-order valence-electron chi connectivity index (χ3n) is 5.41. The van der Waals surface area contributed by atoms with E-state index >= 15 is 0 Å². The number of carboxylic acid groups (broad SMARTS) is 1. The van der Waals surface area contributed by atoms with Gasteiger partial charge in [0.25, 0.3) is 0 Å². The van der Waals surface area contributed by atoms with Crippen LogP contribution in [0, 0.1) is 11.8 Å². The zero-order valence-corrected chi connectivity index (χ0v) is 15.9. The molecule has 0 fully saturated rings. The number of fused-ring (bicyclic) bond motifs is 1. The molecule has 0 heterocycles. The van der Waals surface area contributed by atoms with Gasteiger partial charge in [-0.15, -0.1) is 0 Å². The summed E-state index contributed by atoms with van der Waals surface area (Å²) >= 11 is 0. The topological polar surface area (TPSA) is 83.5 Å². The Labute approximate surface area is 164 Å². The van der Waals surface area contributed by atoms with Gasteiger partial charge in [-0.25, -0.2) is 0 Å². The molecule has 0 bridgehead atoms. The van der Waals surface area contributed by atoms with Crippen molar-refractivity contribution in [2.45, 2.75) is 38.6 Å². The van der Waals surface area contributed by atoms with Gasteiger partial charge in [-0.05, 0) is 49.3 Å². The lowest BCUT2D eigenvalue weighted by Gasteiger charge is -2.20. The van der Waals surface area contributed by atoms with E-state index in [0.29, 0.717) is 19.3 Å². The second-order valence-electron chi connectivity index (χ2n) is 7.42. The first kappa shape index (κ1) is 19.8. The number of hydrogen-bond acceptors (Lipinski definition) is 3. The molecule has 1 amide bonds. The van der Waals surface area contributed by atoms with Gasteiger partial charge in [-0.1, -0.05) is 54.6 Å². The number of hydrogen-bond donors (Lipinski definition) is 2. The molecule has 0 aliphatic heterocycles. The Kier molecular flexibility index (Phi) is 6.24. The van der Waals surface area contributed by atoms with Crippen LogP contribution in [0.4, 0.5) is 0 Å². The standard InChI is InChI=1S/C23H25NO4/c1-15(24-22(26)19-13-17-9-5-6-10-18(17)14-19)21(25)20(23(27)28)12-11-16-7-3-2-4-8-16/h2-10,15,19-20H,11-14H2,1H3,(H,24,26)(H,27,28)/t15-,20?/m0/s1. The van der Waals surface area contributed by atoms with Crippen molar-refractivity contribution < 1.29 is 19.5 Å². The number of nitrogens with one attached hydrogen (secondary N) is 1. The van der Waals surface area contributed by atoms with Crippen molar-refractivity contribution in [2.24, 2.45) is 11.8 Å². The summed E-state index contributed by atoms with van der Waals surface area (Å²) in [7, 11) is 0. The molecular weight excluding hydrogens is 354 g/mol. The molecule has 2 aromatic rings. The highest BCUT2D eigenvalue weighted by Crippen LogP contribution is 2.26. The van der Waals surface area contributed by atoms with E-state index in [1.807, 2.05) is 54.6 Å². The van der Waals surface area contributed by atoms with Gasteiger partial charge >= 0.3 is 5.97 Å². The molecule has 0 radical (unpaired) electrons. The monoisotopic (exact) mass is 379 g/mol. The Morgan fingerprint density at radius 1 is 1.00 bits per heavy atom. The second-order valence-corrected chi connectivity index (χ2v) is 7.42. The fourth-order valence-electron chi connectivity index (χ4n) is 3.79. The molecular formula is C23H25NO4. The SMILES string of the molecule is C[C@H](NC(=O)C1Cc2ccccc2C1)C(=O)C(CCc1ccccc1)C(=O)O. The third kappa shape index (κ3) is 4.66. The Hall–Kier alpha value is -2.95. The van der Waals surface area contributed by atoms with Crippen LogP contribution in [-0.2, 0) is 33.6 Å². The van der Waals surface area contributed by atoms with Crippen molar-refractivity contribution in [2.75, 3.05) is 0 Å². The summed E-state index contributed by atoms with van der Waals surface area (Å²) in [5.74, 6) is -3.12. The van der Waals surface area contributed by atoms with Crippen LogP contribution in [0.15, 0.2) is 54.6 Å². The summed E-state index contributed by atoms with van der Waals surface area (Å²) in [6.45, 7) is 1.57. The maximum absolute atomic E-state index is 12.7. The molecule has 0 saturated heterocycles. The Morgan fingerprint density at radius 2 is 1.57 bits per heavy atom. The highest BCUT2D eigenvalue weighted by Gasteiger charge is 2.33. The minimum atomic E-state index is -1.14. The molecule has 0 spiro atoms. The number of Topliss-reactive ketones (excluding diaryl/α,β-unsaturated/α-hetero) is 1. The van der Waals surface area contributed by atoms with Crippen molar-refractivity contribution >= 4 is 17.7 Å². The average Bonchev–Trinajstić information content (AvgIpc) is 3.13. The lowest BCUT2D eigenvalue weighted by Crippen LogP contribution is -2.45. The number of benzene rings is 2. The Morgan fingerprint density at radius 3 is 2.14 bits per heavy atom. The zero-order valence-electron chi connectivity index (χ0n) is 15.9. The van der Waals surface area contributed by atoms with Gasteiger partial charge in [-0.3, -0.25) is 14.4 Å². The van der Waals surface area contributed by atoms with Gasteiger partial charge in [-0.2, -0.15) is 0 Å². The summed E-state index contributed by atoms with van der Waals surface area (Å²) in [6, 6.07) is 16.6. The molecule has 5 heteroatoms. The van der Waals surface area contributed by atoms with E-state index in [4.69, 9.17) is 0 Å². The number of carboxylic acids is 1. The van der Waals surface area contributed by atoms with Crippen molar-refractivity contribution in [1.29, 1.82) is 0 Å². The zero-order chi connectivity index (χ0) is 20.1. The van der Waals surface area contributed by atoms with Crippen LogP contribution in [-0.4, -0.2) is 28.8 Å². The van der Waals surface area contributed by atoms with Gasteiger partial charge in [0.1, 0.15) is 5.92 Å². The van der Waals surface area contributed by atoms with Crippen molar-refractivity contribution in [3.63, 3.8) is 0 Å². The van der Waals surface area contributed by atoms with E-state index in [0.717, 1.165) is 16.7 Å². The number of ketones is 1. The first-order chi connectivity index (χ1) is 13.5. The molecule has 1 unspecified atom stereocenters. The summed E-state index contributed by atoms with van der Waals surface area (Å²) in [6.07, 6.45) is 2.02. The fraction of sp³-hybridized carbons (Fsp3) is 0.348. The molecule has 0 saturated carbocycles. The van der Waals surface area contributed by atoms with Crippen LogP contribution < -0.4 is 5.32 Å². The van der Waals surface area contributed by atoms with Gasteiger partial charge in [0.2, 0.25) is 5.91 Å². The quantitative estimate of drug-likeness (QED) is 0.691. The van der Waals surface area contributed by atoms with Crippen molar-refractivity contribution in [3.05, 3.63) is 71.3 Å². The number of aliphatic carboxylic acids is 1. The molecule has 1 aliphatic carbocycles. The van der Waals surface area contributed by atoms with E-state index < -0.39 is 23.7 Å². The largest absolute Gasteiger partial charge is 0.481 e. The number of carbonyl (C=O) groups excluding carboxylic acids is 2. The number of aryl methyl sites for hydroxylation is 1. The molecule has 28 heavy (non-hydrogen) atoms. The van der Waals surface area contributed by atoms with E-state index in [9.17, 15) is 19.5 Å². The average molecular weight is 379 g/mol. The van der Waals surface area contributed by atoms with Crippen molar-refractivity contribution in [3.8, 4) is 0 Å². The van der Waals surface area contributed by atoms with E-state index in [2.05, 4.69) is 5.32 Å². The fourth-order valence-corrected chi connectivity index (χ4v) is 3.79. The number of carbonyl (C=O) groups is 3. The predicted molar refractivity (Wildman–Crippen MR) is 106 cm³/mol. The van der Waals surface area contributed by atoms with Crippen LogP contribution in [0.25, 0.3) is 0 Å².